The first kappa shape index (κ1) is 17.0. The Bertz CT molecular complexity index is 742. The molecule has 120 valence electrons. The van der Waals surface area contributed by atoms with Crippen molar-refractivity contribution in [3.05, 3.63) is 51.2 Å². The molecule has 23 heavy (non-hydrogen) atoms. The molecule has 8 heteroatoms. The lowest BCUT2D eigenvalue weighted by Gasteiger charge is -2.13. The number of hydrogen-bond acceptors (Lipinski definition) is 5. The lowest BCUT2D eigenvalue weighted by atomic mass is 10.2. The quantitative estimate of drug-likeness (QED) is 0.808. The summed E-state index contributed by atoms with van der Waals surface area (Å²) in [7, 11) is 0. The molecule has 0 fully saturated rings. The summed E-state index contributed by atoms with van der Waals surface area (Å²) in [5.74, 6) is -1.67. The summed E-state index contributed by atoms with van der Waals surface area (Å²) >= 11 is 6.82. The molecule has 0 spiro atoms. The minimum Gasteiger partial charge on any atom is -0.448 e. The monoisotopic (exact) mass is 352 g/mol. The molecule has 1 atom stereocenters. The van der Waals surface area contributed by atoms with Gasteiger partial charge in [0.15, 0.2) is 6.10 Å². The number of nitrogens with one attached hydrogen (secondary N) is 1. The summed E-state index contributed by atoms with van der Waals surface area (Å²) in [5, 5.41) is 2.58. The summed E-state index contributed by atoms with van der Waals surface area (Å²) in [4.78, 5) is 35.1. The van der Waals surface area contributed by atoms with E-state index in [0.717, 1.165) is 11.3 Å². The summed E-state index contributed by atoms with van der Waals surface area (Å²) in [6.07, 6.45) is -0.987. The van der Waals surface area contributed by atoms with Crippen molar-refractivity contribution in [3.8, 4) is 0 Å². The molecule has 6 nitrogen and oxygen atoms in total. The smallest absolute Gasteiger partial charge is 0.349 e. The van der Waals surface area contributed by atoms with Gasteiger partial charge in [-0.2, -0.15) is 0 Å². The van der Waals surface area contributed by atoms with Crippen molar-refractivity contribution in [2.45, 2.75) is 13.0 Å². The largest absolute Gasteiger partial charge is 0.448 e. The van der Waals surface area contributed by atoms with Crippen molar-refractivity contribution >= 4 is 46.4 Å². The third-order valence-corrected chi connectivity index (χ3v) is 4.08. The number of nitrogens with two attached hydrogens (primary N) is 1. The lowest BCUT2D eigenvalue weighted by molar-refractivity contribution is -0.123. The van der Waals surface area contributed by atoms with Crippen molar-refractivity contribution in [2.24, 2.45) is 5.73 Å². The van der Waals surface area contributed by atoms with Crippen molar-refractivity contribution in [1.29, 1.82) is 0 Å². The van der Waals surface area contributed by atoms with Gasteiger partial charge in [0.2, 0.25) is 5.91 Å². The fraction of sp³-hybridized carbons (Fsp3) is 0.133. The van der Waals surface area contributed by atoms with Gasteiger partial charge in [-0.05, 0) is 43.3 Å². The number of benzene rings is 1. The number of anilines is 1. The first-order chi connectivity index (χ1) is 10.9. The van der Waals surface area contributed by atoms with E-state index in [2.05, 4.69) is 5.32 Å². The average molecular weight is 353 g/mol. The second-order valence-corrected chi connectivity index (χ2v) is 6.30. The highest BCUT2D eigenvalue weighted by Gasteiger charge is 2.20. The van der Waals surface area contributed by atoms with E-state index in [1.54, 1.807) is 6.07 Å². The van der Waals surface area contributed by atoms with Crippen LogP contribution in [0.1, 0.15) is 27.0 Å². The van der Waals surface area contributed by atoms with Crippen LogP contribution in [0.5, 0.6) is 0 Å². The van der Waals surface area contributed by atoms with Crippen LogP contribution in [0.15, 0.2) is 36.4 Å². The van der Waals surface area contributed by atoms with E-state index in [-0.39, 0.29) is 0 Å². The van der Waals surface area contributed by atoms with E-state index in [1.807, 2.05) is 0 Å². The molecular weight excluding hydrogens is 340 g/mol. The van der Waals surface area contributed by atoms with Gasteiger partial charge in [-0.3, -0.25) is 9.59 Å². The minimum atomic E-state index is -0.987. The van der Waals surface area contributed by atoms with Crippen LogP contribution >= 0.6 is 22.9 Å². The molecule has 0 aliphatic rings. The zero-order chi connectivity index (χ0) is 17.0. The number of hydrogen-bond donors (Lipinski definition) is 2. The summed E-state index contributed by atoms with van der Waals surface area (Å²) in [6.45, 7) is 1.46. The number of carbonyl (C=O) groups is 3. The molecule has 0 aliphatic carbocycles. The van der Waals surface area contributed by atoms with Crippen LogP contribution in [-0.2, 0) is 9.53 Å². The van der Waals surface area contributed by atoms with Crippen LogP contribution in [0.25, 0.3) is 0 Å². The highest BCUT2D eigenvalue weighted by atomic mass is 35.5. The number of ether oxygens (including phenoxy) is 1. The maximum atomic E-state index is 12.0. The predicted molar refractivity (Wildman–Crippen MR) is 87.8 cm³/mol. The Labute approximate surface area is 141 Å². The fourth-order valence-electron chi connectivity index (χ4n) is 1.66. The molecule has 2 rings (SSSR count). The highest BCUT2D eigenvalue weighted by molar-refractivity contribution is 7.17. The molecule has 0 aliphatic heterocycles. The fourth-order valence-corrected chi connectivity index (χ4v) is 2.58. The number of primary amides is 1. The van der Waals surface area contributed by atoms with E-state index in [1.165, 1.54) is 37.3 Å². The molecule has 1 heterocycles. The van der Waals surface area contributed by atoms with Gasteiger partial charge >= 0.3 is 5.97 Å². The Kier molecular flexibility index (Phi) is 5.36. The summed E-state index contributed by atoms with van der Waals surface area (Å²) in [6, 6.07) is 9.15. The molecule has 1 aromatic carbocycles. The van der Waals surface area contributed by atoms with E-state index in [9.17, 15) is 14.4 Å². The zero-order valence-corrected chi connectivity index (χ0v) is 13.6. The second kappa shape index (κ2) is 7.26. The van der Waals surface area contributed by atoms with Gasteiger partial charge in [-0.1, -0.05) is 11.6 Å². The lowest BCUT2D eigenvalue weighted by Crippen LogP contribution is -2.29. The number of thiophene rings is 1. The van der Waals surface area contributed by atoms with Crippen LogP contribution < -0.4 is 11.1 Å². The van der Waals surface area contributed by atoms with Crippen LogP contribution in [0.2, 0.25) is 4.34 Å². The van der Waals surface area contributed by atoms with Crippen LogP contribution in [0.4, 0.5) is 5.69 Å². The number of rotatable bonds is 5. The summed E-state index contributed by atoms with van der Waals surface area (Å²) in [5.41, 5.74) is 5.92. The van der Waals surface area contributed by atoms with Crippen LogP contribution in [0, 0.1) is 0 Å². The van der Waals surface area contributed by atoms with Crippen molar-refractivity contribution < 1.29 is 19.1 Å². The van der Waals surface area contributed by atoms with Crippen LogP contribution in [-0.4, -0.2) is 23.9 Å². The Morgan fingerprint density at radius 3 is 2.35 bits per heavy atom. The third-order valence-electron chi connectivity index (χ3n) is 2.86. The maximum Gasteiger partial charge on any atom is 0.349 e. The predicted octanol–water partition coefficient (Wildman–Crippen LogP) is 2.68. The van der Waals surface area contributed by atoms with Gasteiger partial charge in [0.05, 0.1) is 4.34 Å². The molecule has 0 unspecified atom stereocenters. The highest BCUT2D eigenvalue weighted by Crippen LogP contribution is 2.22. The van der Waals surface area contributed by atoms with Gasteiger partial charge < -0.3 is 15.8 Å². The Balaban J connectivity index is 1.94. The molecule has 3 N–H and O–H groups in total. The molecule has 1 aromatic heterocycles. The zero-order valence-electron chi connectivity index (χ0n) is 12.0. The topological polar surface area (TPSA) is 98.5 Å². The van der Waals surface area contributed by atoms with Gasteiger partial charge in [-0.25, -0.2) is 4.79 Å². The standard InChI is InChI=1S/C15H13ClN2O4S/c1-8(22-15(21)11-6-7-12(16)23-11)14(20)18-10-4-2-9(3-5-10)13(17)19/h2-8H,1H3,(H2,17,19)(H,18,20)/t8-/m0/s1. The Hall–Kier alpha value is -2.38. The second-order valence-electron chi connectivity index (χ2n) is 4.58. The van der Waals surface area contributed by atoms with E-state index < -0.39 is 23.9 Å². The number of amides is 2. The van der Waals surface area contributed by atoms with Gasteiger partial charge in [0.25, 0.3) is 5.91 Å². The van der Waals surface area contributed by atoms with Crippen molar-refractivity contribution in [3.63, 3.8) is 0 Å². The Morgan fingerprint density at radius 2 is 1.83 bits per heavy atom. The third kappa shape index (κ3) is 4.54. The molecule has 2 amide bonds. The van der Waals surface area contributed by atoms with Gasteiger partial charge in [0, 0.05) is 11.3 Å². The SMILES string of the molecule is C[C@H](OC(=O)c1ccc(Cl)s1)C(=O)Nc1ccc(C(N)=O)cc1. The van der Waals surface area contributed by atoms with E-state index >= 15 is 0 Å². The van der Waals surface area contributed by atoms with Crippen LogP contribution in [0.3, 0.4) is 0 Å². The van der Waals surface area contributed by atoms with Crippen molar-refractivity contribution in [2.75, 3.05) is 5.32 Å². The molecule has 0 bridgehead atoms. The number of halogens is 1. The molecule has 0 saturated carbocycles. The molecule has 0 radical (unpaired) electrons. The number of carbonyl (C=O) groups excluding carboxylic acids is 3. The summed E-state index contributed by atoms with van der Waals surface area (Å²) < 4.78 is 5.53. The van der Waals surface area contributed by atoms with E-state index in [4.69, 9.17) is 22.1 Å². The maximum absolute atomic E-state index is 12.0. The minimum absolute atomic E-state index is 0.320. The normalized spacial score (nSPS) is 11.6. The average Bonchev–Trinajstić information content (AvgIpc) is 2.94. The van der Waals surface area contributed by atoms with E-state index in [0.29, 0.717) is 20.5 Å². The van der Waals surface area contributed by atoms with Crippen molar-refractivity contribution in [1.82, 2.24) is 0 Å². The first-order valence-electron chi connectivity index (χ1n) is 6.54. The molecular formula is C15H13ClN2O4S. The molecule has 2 aromatic rings. The Morgan fingerprint density at radius 1 is 1.17 bits per heavy atom. The number of esters is 1. The van der Waals surface area contributed by atoms with Gasteiger partial charge in [0.1, 0.15) is 4.88 Å². The van der Waals surface area contributed by atoms with Gasteiger partial charge in [-0.15, -0.1) is 11.3 Å². The first-order valence-corrected chi connectivity index (χ1v) is 7.73. The molecule has 0 saturated heterocycles.